The van der Waals surface area contributed by atoms with Crippen LogP contribution >= 0.6 is 0 Å². The molecule has 1 saturated carbocycles. The molecule has 1 aliphatic carbocycles. The Labute approximate surface area is 108 Å². The van der Waals surface area contributed by atoms with E-state index in [1.54, 1.807) is 12.3 Å². The first-order valence-electron chi connectivity index (χ1n) is 6.73. The minimum atomic E-state index is -0.240. The monoisotopic (exact) mass is 251 g/mol. The van der Waals surface area contributed by atoms with Crippen molar-refractivity contribution in [1.29, 1.82) is 0 Å². The van der Waals surface area contributed by atoms with Crippen LogP contribution in [0.1, 0.15) is 38.7 Å². The van der Waals surface area contributed by atoms with E-state index in [1.807, 2.05) is 0 Å². The molecule has 2 N–H and O–H groups in total. The Balaban J connectivity index is 2.19. The second-order valence-electron chi connectivity index (χ2n) is 5.42. The number of rotatable bonds is 6. The molecule has 3 nitrogen and oxygen atoms in total. The first kappa shape index (κ1) is 13.3. The van der Waals surface area contributed by atoms with E-state index in [0.29, 0.717) is 23.3 Å². The summed E-state index contributed by atoms with van der Waals surface area (Å²) in [5.74, 6) is 0.865. The molecule has 0 radical (unpaired) electrons. The van der Waals surface area contributed by atoms with Crippen molar-refractivity contribution in [3.05, 3.63) is 23.6 Å². The lowest BCUT2D eigenvalue weighted by molar-refractivity contribution is 0.550. The second-order valence-corrected chi connectivity index (χ2v) is 5.42. The minimum Gasteiger partial charge on any atom is -0.351 e. The van der Waals surface area contributed by atoms with E-state index in [0.717, 1.165) is 25.8 Å². The van der Waals surface area contributed by atoms with E-state index in [2.05, 4.69) is 23.7 Å². The molecule has 0 unspecified atom stereocenters. The number of hydrogen-bond donors (Lipinski definition) is 1. The Morgan fingerprint density at radius 1 is 1.50 bits per heavy atom. The highest BCUT2D eigenvalue weighted by Gasteiger charge is 2.31. The number of nitrogens with zero attached hydrogens (tertiary/aromatic N) is 2. The molecule has 0 amide bonds. The quantitative estimate of drug-likeness (QED) is 0.845. The highest BCUT2D eigenvalue weighted by atomic mass is 19.1. The fourth-order valence-corrected chi connectivity index (χ4v) is 2.07. The number of hydrogen-bond acceptors (Lipinski definition) is 3. The van der Waals surface area contributed by atoms with Crippen LogP contribution in [-0.2, 0) is 6.54 Å². The summed E-state index contributed by atoms with van der Waals surface area (Å²) >= 11 is 0. The van der Waals surface area contributed by atoms with Crippen molar-refractivity contribution in [3.8, 4) is 0 Å². The van der Waals surface area contributed by atoms with Gasteiger partial charge in [-0.15, -0.1) is 0 Å². The first-order chi connectivity index (χ1) is 8.63. The molecule has 0 spiro atoms. The van der Waals surface area contributed by atoms with Gasteiger partial charge in [-0.1, -0.05) is 13.8 Å². The SMILES string of the molecule is CC(C)CCN(c1nccc(CN)c1F)C1CC1. The summed E-state index contributed by atoms with van der Waals surface area (Å²) in [5, 5.41) is 0. The molecule has 4 heteroatoms. The van der Waals surface area contributed by atoms with E-state index in [9.17, 15) is 4.39 Å². The molecule has 1 aromatic heterocycles. The number of nitrogens with two attached hydrogens (primary N) is 1. The maximum atomic E-state index is 14.3. The van der Waals surface area contributed by atoms with Gasteiger partial charge in [-0.3, -0.25) is 0 Å². The molecule has 0 bridgehead atoms. The van der Waals surface area contributed by atoms with Crippen molar-refractivity contribution in [2.45, 2.75) is 45.7 Å². The van der Waals surface area contributed by atoms with Gasteiger partial charge in [-0.05, 0) is 31.2 Å². The molecule has 0 atom stereocenters. The molecule has 0 aromatic carbocycles. The zero-order valence-electron chi connectivity index (χ0n) is 11.2. The third-order valence-electron chi connectivity index (χ3n) is 3.38. The highest BCUT2D eigenvalue weighted by Crippen LogP contribution is 2.33. The lowest BCUT2D eigenvalue weighted by Gasteiger charge is -2.25. The number of anilines is 1. The molecule has 0 aliphatic heterocycles. The average Bonchev–Trinajstić information content (AvgIpc) is 3.15. The smallest absolute Gasteiger partial charge is 0.170 e. The summed E-state index contributed by atoms with van der Waals surface area (Å²) < 4.78 is 14.3. The second kappa shape index (κ2) is 5.65. The molecule has 0 saturated heterocycles. The predicted molar refractivity (Wildman–Crippen MR) is 71.9 cm³/mol. The first-order valence-corrected chi connectivity index (χ1v) is 6.73. The summed E-state index contributed by atoms with van der Waals surface area (Å²) in [6, 6.07) is 2.13. The molecule has 1 heterocycles. The van der Waals surface area contributed by atoms with Gasteiger partial charge in [-0.2, -0.15) is 0 Å². The van der Waals surface area contributed by atoms with Gasteiger partial charge in [0.1, 0.15) is 0 Å². The van der Waals surface area contributed by atoms with Gasteiger partial charge in [0.25, 0.3) is 0 Å². The summed E-state index contributed by atoms with van der Waals surface area (Å²) in [6.45, 7) is 5.47. The zero-order chi connectivity index (χ0) is 13.1. The molecule has 1 aromatic rings. The van der Waals surface area contributed by atoms with Gasteiger partial charge < -0.3 is 10.6 Å². The number of aromatic nitrogens is 1. The molecular weight excluding hydrogens is 229 g/mol. The van der Waals surface area contributed by atoms with Crippen LogP contribution < -0.4 is 10.6 Å². The maximum absolute atomic E-state index is 14.3. The van der Waals surface area contributed by atoms with E-state index in [4.69, 9.17) is 5.73 Å². The predicted octanol–water partition coefficient (Wildman–Crippen LogP) is 2.69. The maximum Gasteiger partial charge on any atom is 0.170 e. The summed E-state index contributed by atoms with van der Waals surface area (Å²) in [4.78, 5) is 6.34. The Bertz CT molecular complexity index is 402. The van der Waals surface area contributed by atoms with Crippen molar-refractivity contribution in [3.63, 3.8) is 0 Å². The van der Waals surface area contributed by atoms with Gasteiger partial charge in [0.15, 0.2) is 11.6 Å². The van der Waals surface area contributed by atoms with Gasteiger partial charge in [-0.25, -0.2) is 9.37 Å². The fourth-order valence-electron chi connectivity index (χ4n) is 2.07. The Kier molecular flexibility index (Phi) is 4.17. The largest absolute Gasteiger partial charge is 0.351 e. The highest BCUT2D eigenvalue weighted by molar-refractivity contribution is 5.45. The van der Waals surface area contributed by atoms with Crippen LogP contribution in [0.15, 0.2) is 12.3 Å². The third-order valence-corrected chi connectivity index (χ3v) is 3.38. The standard InChI is InChI=1S/C14H22FN3/c1-10(2)6-8-18(12-3-4-12)14-13(15)11(9-16)5-7-17-14/h5,7,10,12H,3-4,6,8-9,16H2,1-2H3. The van der Waals surface area contributed by atoms with Crippen molar-refractivity contribution in [2.75, 3.05) is 11.4 Å². The van der Waals surface area contributed by atoms with Crippen molar-refractivity contribution in [2.24, 2.45) is 11.7 Å². The molecular formula is C14H22FN3. The normalized spacial score (nSPS) is 15.2. The Morgan fingerprint density at radius 3 is 2.78 bits per heavy atom. The Morgan fingerprint density at radius 2 is 2.22 bits per heavy atom. The van der Waals surface area contributed by atoms with E-state index in [-0.39, 0.29) is 12.4 Å². The Hall–Kier alpha value is -1.16. The summed E-state index contributed by atoms with van der Waals surface area (Å²) in [5.41, 5.74) is 6.10. The topological polar surface area (TPSA) is 42.2 Å². The molecule has 18 heavy (non-hydrogen) atoms. The van der Waals surface area contributed by atoms with E-state index in [1.165, 1.54) is 0 Å². The van der Waals surface area contributed by atoms with Gasteiger partial charge in [0.2, 0.25) is 0 Å². The van der Waals surface area contributed by atoms with Gasteiger partial charge in [0.05, 0.1) is 0 Å². The van der Waals surface area contributed by atoms with Crippen molar-refractivity contribution in [1.82, 2.24) is 4.98 Å². The van der Waals surface area contributed by atoms with Crippen LogP contribution in [0.4, 0.5) is 10.2 Å². The van der Waals surface area contributed by atoms with Crippen molar-refractivity contribution < 1.29 is 4.39 Å². The minimum absolute atomic E-state index is 0.226. The van der Waals surface area contributed by atoms with Crippen LogP contribution in [0.2, 0.25) is 0 Å². The van der Waals surface area contributed by atoms with Crippen LogP contribution in [0.3, 0.4) is 0 Å². The molecule has 1 fully saturated rings. The molecule has 2 rings (SSSR count). The zero-order valence-corrected chi connectivity index (χ0v) is 11.2. The van der Waals surface area contributed by atoms with Gasteiger partial charge >= 0.3 is 0 Å². The number of pyridine rings is 1. The van der Waals surface area contributed by atoms with Crippen LogP contribution in [0.5, 0.6) is 0 Å². The summed E-state index contributed by atoms with van der Waals surface area (Å²) in [7, 11) is 0. The molecule has 100 valence electrons. The van der Waals surface area contributed by atoms with E-state index < -0.39 is 0 Å². The third kappa shape index (κ3) is 2.99. The van der Waals surface area contributed by atoms with Crippen LogP contribution in [0, 0.1) is 11.7 Å². The van der Waals surface area contributed by atoms with Crippen LogP contribution in [0.25, 0.3) is 0 Å². The lowest BCUT2D eigenvalue weighted by Crippen LogP contribution is -2.30. The average molecular weight is 251 g/mol. The number of halogens is 1. The lowest BCUT2D eigenvalue weighted by atomic mass is 10.1. The van der Waals surface area contributed by atoms with Gasteiger partial charge in [0, 0.05) is 30.9 Å². The fraction of sp³-hybridized carbons (Fsp3) is 0.643. The summed E-state index contributed by atoms with van der Waals surface area (Å²) in [6.07, 6.45) is 5.01. The van der Waals surface area contributed by atoms with E-state index >= 15 is 0 Å². The molecule has 1 aliphatic rings. The van der Waals surface area contributed by atoms with Crippen LogP contribution in [-0.4, -0.2) is 17.6 Å². The van der Waals surface area contributed by atoms with Crippen molar-refractivity contribution >= 4 is 5.82 Å².